The zero-order valence-electron chi connectivity index (χ0n) is 11.8. The summed E-state index contributed by atoms with van der Waals surface area (Å²) in [6.07, 6.45) is 3.18. The second kappa shape index (κ2) is 6.27. The molecule has 19 heavy (non-hydrogen) atoms. The number of ether oxygens (including phenoxy) is 1. The number of nitrogens with one attached hydrogen (secondary N) is 1. The highest BCUT2D eigenvalue weighted by atomic mass is 16.5. The van der Waals surface area contributed by atoms with E-state index in [2.05, 4.69) is 34.1 Å². The number of methoxy groups -OCH3 is 1. The van der Waals surface area contributed by atoms with Crippen LogP contribution < -0.4 is 10.1 Å². The molecule has 0 amide bonds. The molecule has 2 aromatic rings. The first-order valence-corrected chi connectivity index (χ1v) is 6.63. The van der Waals surface area contributed by atoms with Gasteiger partial charge < -0.3 is 14.6 Å². The smallest absolute Gasteiger partial charge is 0.203 e. The number of rotatable bonds is 6. The molecule has 1 aromatic heterocycles. The fraction of sp³-hybridized carbons (Fsp3) is 0.400. The fourth-order valence-corrected chi connectivity index (χ4v) is 2.06. The summed E-state index contributed by atoms with van der Waals surface area (Å²) in [5.41, 5.74) is 2.23. The molecule has 0 aliphatic carbocycles. The molecule has 102 valence electrons. The Morgan fingerprint density at radius 3 is 2.95 bits per heavy atom. The number of aromatic nitrogens is 2. The van der Waals surface area contributed by atoms with Crippen molar-refractivity contribution in [1.29, 1.82) is 0 Å². The first kappa shape index (κ1) is 13.5. The molecule has 0 fully saturated rings. The monoisotopic (exact) mass is 259 g/mol. The Bertz CT molecular complexity index is 534. The van der Waals surface area contributed by atoms with Crippen LogP contribution >= 0.6 is 0 Å². The summed E-state index contributed by atoms with van der Waals surface area (Å²) < 4.78 is 7.39. The molecule has 0 atom stereocenters. The molecule has 0 radical (unpaired) electrons. The van der Waals surface area contributed by atoms with Crippen molar-refractivity contribution in [2.75, 3.05) is 12.4 Å². The molecule has 1 aromatic carbocycles. The molecule has 1 N–H and O–H groups in total. The average molecular weight is 259 g/mol. The SMILES string of the molecule is CCCn1cc(C)nc1NCc1cccc(OC)c1. The van der Waals surface area contributed by atoms with E-state index in [1.165, 1.54) is 5.56 Å². The van der Waals surface area contributed by atoms with Crippen molar-refractivity contribution in [3.05, 3.63) is 41.7 Å². The van der Waals surface area contributed by atoms with E-state index in [4.69, 9.17) is 4.74 Å². The molecule has 0 saturated carbocycles. The van der Waals surface area contributed by atoms with Crippen LogP contribution in [0.25, 0.3) is 0 Å². The van der Waals surface area contributed by atoms with Crippen molar-refractivity contribution in [1.82, 2.24) is 9.55 Å². The summed E-state index contributed by atoms with van der Waals surface area (Å²) in [7, 11) is 1.68. The van der Waals surface area contributed by atoms with Crippen molar-refractivity contribution < 1.29 is 4.74 Å². The number of hydrogen-bond acceptors (Lipinski definition) is 3. The summed E-state index contributed by atoms with van der Waals surface area (Å²) >= 11 is 0. The predicted octanol–water partition coefficient (Wildman–Crippen LogP) is 3.22. The van der Waals surface area contributed by atoms with Gasteiger partial charge in [-0.2, -0.15) is 0 Å². The van der Waals surface area contributed by atoms with Gasteiger partial charge in [0.25, 0.3) is 0 Å². The van der Waals surface area contributed by atoms with Gasteiger partial charge in [0, 0.05) is 19.3 Å². The fourth-order valence-electron chi connectivity index (χ4n) is 2.06. The molecule has 4 heteroatoms. The van der Waals surface area contributed by atoms with Gasteiger partial charge in [0.2, 0.25) is 5.95 Å². The van der Waals surface area contributed by atoms with Gasteiger partial charge in [-0.15, -0.1) is 0 Å². The van der Waals surface area contributed by atoms with Crippen LogP contribution in [-0.4, -0.2) is 16.7 Å². The maximum absolute atomic E-state index is 5.22. The Balaban J connectivity index is 2.05. The van der Waals surface area contributed by atoms with Crippen molar-refractivity contribution in [2.45, 2.75) is 33.4 Å². The molecule has 2 rings (SSSR count). The van der Waals surface area contributed by atoms with Crippen LogP contribution in [0, 0.1) is 6.92 Å². The van der Waals surface area contributed by atoms with Crippen LogP contribution in [0.5, 0.6) is 5.75 Å². The van der Waals surface area contributed by atoms with E-state index in [-0.39, 0.29) is 0 Å². The molecule has 0 spiro atoms. The molecular formula is C15H21N3O. The Morgan fingerprint density at radius 2 is 2.21 bits per heavy atom. The molecule has 1 heterocycles. The normalized spacial score (nSPS) is 10.5. The highest BCUT2D eigenvalue weighted by Gasteiger charge is 2.04. The molecule has 0 bridgehead atoms. The number of anilines is 1. The zero-order chi connectivity index (χ0) is 13.7. The largest absolute Gasteiger partial charge is 0.497 e. The number of nitrogens with zero attached hydrogens (tertiary/aromatic N) is 2. The molecule has 0 saturated heterocycles. The summed E-state index contributed by atoms with van der Waals surface area (Å²) in [6, 6.07) is 8.06. The van der Waals surface area contributed by atoms with Crippen LogP contribution in [0.4, 0.5) is 5.95 Å². The van der Waals surface area contributed by atoms with E-state index in [1.54, 1.807) is 7.11 Å². The number of imidazole rings is 1. The maximum atomic E-state index is 5.22. The predicted molar refractivity (Wildman–Crippen MR) is 77.6 cm³/mol. The molecule has 4 nitrogen and oxygen atoms in total. The first-order chi connectivity index (χ1) is 9.22. The Hall–Kier alpha value is -1.97. The number of benzene rings is 1. The lowest BCUT2D eigenvalue weighted by molar-refractivity contribution is 0.414. The van der Waals surface area contributed by atoms with Crippen LogP contribution in [0.15, 0.2) is 30.5 Å². The molecule has 0 aliphatic rings. The van der Waals surface area contributed by atoms with Crippen LogP contribution in [-0.2, 0) is 13.1 Å². The third-order valence-electron chi connectivity index (χ3n) is 2.95. The summed E-state index contributed by atoms with van der Waals surface area (Å²) in [6.45, 7) is 5.92. The third-order valence-corrected chi connectivity index (χ3v) is 2.95. The average Bonchev–Trinajstić information content (AvgIpc) is 2.77. The van der Waals surface area contributed by atoms with Crippen molar-refractivity contribution in [2.24, 2.45) is 0 Å². The Morgan fingerprint density at radius 1 is 1.37 bits per heavy atom. The van der Waals surface area contributed by atoms with E-state index >= 15 is 0 Å². The number of hydrogen-bond donors (Lipinski definition) is 1. The van der Waals surface area contributed by atoms with Gasteiger partial charge in [-0.25, -0.2) is 4.98 Å². The lowest BCUT2D eigenvalue weighted by atomic mass is 10.2. The van der Waals surface area contributed by atoms with Crippen molar-refractivity contribution >= 4 is 5.95 Å². The molecular weight excluding hydrogens is 238 g/mol. The highest BCUT2D eigenvalue weighted by molar-refractivity contribution is 5.34. The second-order valence-corrected chi connectivity index (χ2v) is 4.60. The van der Waals surface area contributed by atoms with E-state index in [0.29, 0.717) is 0 Å². The quantitative estimate of drug-likeness (QED) is 0.865. The third kappa shape index (κ3) is 3.50. The standard InChI is InChI=1S/C15H21N3O/c1-4-8-18-11-12(2)17-15(18)16-10-13-6-5-7-14(9-13)19-3/h5-7,9,11H,4,8,10H2,1-3H3,(H,16,17). The van der Waals surface area contributed by atoms with Gasteiger partial charge in [0.15, 0.2) is 0 Å². The lowest BCUT2D eigenvalue weighted by Gasteiger charge is -2.09. The van der Waals surface area contributed by atoms with Crippen LogP contribution in [0.1, 0.15) is 24.6 Å². The van der Waals surface area contributed by atoms with E-state index in [0.717, 1.165) is 36.9 Å². The minimum atomic E-state index is 0.747. The molecule has 0 unspecified atom stereocenters. The topological polar surface area (TPSA) is 39.1 Å². The summed E-state index contributed by atoms with van der Waals surface area (Å²) in [5, 5.41) is 3.38. The Kier molecular flexibility index (Phi) is 4.44. The summed E-state index contributed by atoms with van der Waals surface area (Å²) in [4.78, 5) is 4.51. The van der Waals surface area contributed by atoms with Crippen LogP contribution in [0.2, 0.25) is 0 Å². The van der Waals surface area contributed by atoms with E-state index < -0.39 is 0 Å². The number of aryl methyl sites for hydroxylation is 2. The van der Waals surface area contributed by atoms with E-state index in [9.17, 15) is 0 Å². The van der Waals surface area contributed by atoms with E-state index in [1.807, 2.05) is 25.1 Å². The summed E-state index contributed by atoms with van der Waals surface area (Å²) in [5.74, 6) is 1.81. The van der Waals surface area contributed by atoms with Gasteiger partial charge in [-0.1, -0.05) is 19.1 Å². The highest BCUT2D eigenvalue weighted by Crippen LogP contribution is 2.15. The molecule has 0 aliphatic heterocycles. The minimum absolute atomic E-state index is 0.747. The maximum Gasteiger partial charge on any atom is 0.203 e. The van der Waals surface area contributed by atoms with Crippen molar-refractivity contribution in [3.8, 4) is 5.75 Å². The zero-order valence-corrected chi connectivity index (χ0v) is 11.8. The van der Waals surface area contributed by atoms with Crippen molar-refractivity contribution in [3.63, 3.8) is 0 Å². The minimum Gasteiger partial charge on any atom is -0.497 e. The van der Waals surface area contributed by atoms with Crippen LogP contribution in [0.3, 0.4) is 0 Å². The Labute approximate surface area is 114 Å². The first-order valence-electron chi connectivity index (χ1n) is 6.63. The lowest BCUT2D eigenvalue weighted by Crippen LogP contribution is -2.07. The van der Waals surface area contributed by atoms with Gasteiger partial charge in [0.1, 0.15) is 5.75 Å². The van der Waals surface area contributed by atoms with Gasteiger partial charge in [-0.3, -0.25) is 0 Å². The van der Waals surface area contributed by atoms with Gasteiger partial charge >= 0.3 is 0 Å². The van der Waals surface area contributed by atoms with Gasteiger partial charge in [-0.05, 0) is 31.0 Å². The van der Waals surface area contributed by atoms with Gasteiger partial charge in [0.05, 0.1) is 12.8 Å². The second-order valence-electron chi connectivity index (χ2n) is 4.60.